The van der Waals surface area contributed by atoms with Gasteiger partial charge in [-0.1, -0.05) is 41.0 Å². The second-order valence-corrected chi connectivity index (χ2v) is 4.50. The van der Waals surface area contributed by atoms with E-state index in [2.05, 4.69) is 5.16 Å². The van der Waals surface area contributed by atoms with Crippen LogP contribution in [0.15, 0.2) is 40.9 Å². The summed E-state index contributed by atoms with van der Waals surface area (Å²) in [5, 5.41) is 14.6. The number of rotatable bonds is 1. The lowest BCUT2D eigenvalue weighted by Crippen LogP contribution is -1.82. The highest BCUT2D eigenvalue weighted by atomic mass is 35.5. The molecule has 1 aromatic heterocycles. The van der Waals surface area contributed by atoms with Gasteiger partial charge in [-0.25, -0.2) is 0 Å². The number of phenolic OH excluding ortho intramolecular Hbond substituents is 1. The fraction of sp³-hybridized carbons (Fsp3) is 0.0714. The maximum absolute atomic E-state index is 9.53. The first-order valence-electron chi connectivity index (χ1n) is 5.51. The maximum Gasteiger partial charge on any atom is 0.189 e. The number of aromatic nitrogens is 1. The highest BCUT2D eigenvalue weighted by Crippen LogP contribution is 2.37. The fourth-order valence-corrected chi connectivity index (χ4v) is 2.19. The van der Waals surface area contributed by atoms with Crippen molar-refractivity contribution in [2.45, 2.75) is 6.92 Å². The van der Waals surface area contributed by atoms with Crippen molar-refractivity contribution in [1.82, 2.24) is 5.16 Å². The van der Waals surface area contributed by atoms with E-state index in [0.717, 1.165) is 22.2 Å². The molecule has 0 aliphatic rings. The van der Waals surface area contributed by atoms with Gasteiger partial charge in [0.1, 0.15) is 16.5 Å². The van der Waals surface area contributed by atoms with E-state index >= 15 is 0 Å². The van der Waals surface area contributed by atoms with Crippen LogP contribution >= 0.6 is 11.6 Å². The van der Waals surface area contributed by atoms with Gasteiger partial charge in [0.05, 0.1) is 5.39 Å². The molecule has 3 aromatic rings. The first kappa shape index (κ1) is 11.1. The summed E-state index contributed by atoms with van der Waals surface area (Å²) in [6, 6.07) is 11.2. The minimum absolute atomic E-state index is 0.00310. The number of nitrogens with zero attached hydrogens (tertiary/aromatic N) is 1. The molecule has 1 N–H and O–H groups in total. The van der Waals surface area contributed by atoms with Crippen LogP contribution in [0.25, 0.3) is 22.2 Å². The first-order chi connectivity index (χ1) is 8.68. The van der Waals surface area contributed by atoms with E-state index in [1.54, 1.807) is 12.1 Å². The van der Waals surface area contributed by atoms with Gasteiger partial charge in [-0.3, -0.25) is 0 Å². The monoisotopic (exact) mass is 259 g/mol. The molecule has 0 radical (unpaired) electrons. The summed E-state index contributed by atoms with van der Waals surface area (Å²) in [6.07, 6.45) is 0. The van der Waals surface area contributed by atoms with Gasteiger partial charge >= 0.3 is 0 Å². The van der Waals surface area contributed by atoms with Crippen LogP contribution in [0.3, 0.4) is 0 Å². The van der Waals surface area contributed by atoms with E-state index in [-0.39, 0.29) is 10.8 Å². The second kappa shape index (κ2) is 4.03. The molecular weight excluding hydrogens is 250 g/mol. The molecule has 3 rings (SSSR count). The molecule has 0 amide bonds. The SMILES string of the molecule is Cc1ccccc1-c1noc2c(Cl)c(O)ccc12. The van der Waals surface area contributed by atoms with Gasteiger partial charge in [-0.2, -0.15) is 0 Å². The van der Waals surface area contributed by atoms with Crippen molar-refractivity contribution in [3.63, 3.8) is 0 Å². The summed E-state index contributed by atoms with van der Waals surface area (Å²) in [7, 11) is 0. The molecule has 0 atom stereocenters. The lowest BCUT2D eigenvalue weighted by molar-refractivity contribution is 0.451. The number of aromatic hydroxyl groups is 1. The van der Waals surface area contributed by atoms with Crippen LogP contribution in [0.4, 0.5) is 0 Å². The summed E-state index contributed by atoms with van der Waals surface area (Å²) < 4.78 is 5.23. The number of fused-ring (bicyclic) bond motifs is 1. The number of phenols is 1. The highest BCUT2D eigenvalue weighted by Gasteiger charge is 2.16. The zero-order valence-corrected chi connectivity index (χ0v) is 10.4. The molecule has 0 saturated carbocycles. The molecule has 0 spiro atoms. The Morgan fingerprint density at radius 1 is 1.17 bits per heavy atom. The Balaban J connectivity index is 2.32. The van der Waals surface area contributed by atoms with E-state index in [0.29, 0.717) is 5.58 Å². The molecule has 0 fully saturated rings. The lowest BCUT2D eigenvalue weighted by atomic mass is 10.0. The van der Waals surface area contributed by atoms with Crippen LogP contribution in [0.5, 0.6) is 5.75 Å². The van der Waals surface area contributed by atoms with Gasteiger partial charge in [0.15, 0.2) is 5.58 Å². The van der Waals surface area contributed by atoms with Gasteiger partial charge in [-0.15, -0.1) is 0 Å². The Morgan fingerprint density at radius 3 is 2.72 bits per heavy atom. The van der Waals surface area contributed by atoms with E-state index in [1.165, 1.54) is 0 Å². The minimum Gasteiger partial charge on any atom is -0.506 e. The maximum atomic E-state index is 9.53. The summed E-state index contributed by atoms with van der Waals surface area (Å²) in [5.41, 5.74) is 3.26. The lowest BCUT2D eigenvalue weighted by Gasteiger charge is -2.01. The normalized spacial score (nSPS) is 11.0. The largest absolute Gasteiger partial charge is 0.506 e. The van der Waals surface area contributed by atoms with Crippen LogP contribution in [0.1, 0.15) is 5.56 Å². The molecule has 2 aromatic carbocycles. The number of hydrogen-bond donors (Lipinski definition) is 1. The number of hydrogen-bond acceptors (Lipinski definition) is 3. The standard InChI is InChI=1S/C14H10ClNO2/c1-8-4-2-3-5-9(8)13-10-6-7-11(17)12(15)14(10)18-16-13/h2-7,17H,1H3. The van der Waals surface area contributed by atoms with E-state index in [4.69, 9.17) is 16.1 Å². The average Bonchev–Trinajstić information content (AvgIpc) is 2.79. The second-order valence-electron chi connectivity index (χ2n) is 4.12. The Bertz CT molecular complexity index is 734. The van der Waals surface area contributed by atoms with Crippen molar-refractivity contribution in [2.24, 2.45) is 0 Å². The molecule has 0 unspecified atom stereocenters. The molecule has 4 heteroatoms. The molecule has 1 heterocycles. The molecule has 0 saturated heterocycles. The molecule has 0 bridgehead atoms. The van der Waals surface area contributed by atoms with Gasteiger partial charge in [0.2, 0.25) is 0 Å². The molecule has 18 heavy (non-hydrogen) atoms. The zero-order valence-electron chi connectivity index (χ0n) is 9.64. The zero-order chi connectivity index (χ0) is 12.7. The third kappa shape index (κ3) is 1.56. The molecule has 3 nitrogen and oxygen atoms in total. The van der Waals surface area contributed by atoms with Crippen molar-refractivity contribution in [2.75, 3.05) is 0 Å². The van der Waals surface area contributed by atoms with Gasteiger partial charge in [0, 0.05) is 5.56 Å². The predicted molar refractivity (Wildman–Crippen MR) is 70.9 cm³/mol. The molecule has 0 aliphatic carbocycles. The Labute approximate surface area is 109 Å². The van der Waals surface area contributed by atoms with Gasteiger partial charge < -0.3 is 9.63 Å². The summed E-state index contributed by atoms with van der Waals surface area (Å²) in [6.45, 7) is 2.01. The number of halogens is 1. The molecule has 0 aliphatic heterocycles. The van der Waals surface area contributed by atoms with Crippen molar-refractivity contribution >= 4 is 22.6 Å². The van der Waals surface area contributed by atoms with Gasteiger partial charge in [-0.05, 0) is 24.6 Å². The number of benzene rings is 2. The Kier molecular flexibility index (Phi) is 2.49. The summed E-state index contributed by atoms with van der Waals surface area (Å²) >= 11 is 5.98. The van der Waals surface area contributed by atoms with Crippen molar-refractivity contribution < 1.29 is 9.63 Å². The van der Waals surface area contributed by atoms with E-state index in [1.807, 2.05) is 31.2 Å². The summed E-state index contributed by atoms with van der Waals surface area (Å²) in [4.78, 5) is 0. The van der Waals surface area contributed by atoms with Crippen LogP contribution in [-0.4, -0.2) is 10.3 Å². The van der Waals surface area contributed by atoms with Crippen LogP contribution in [-0.2, 0) is 0 Å². The third-order valence-corrected chi connectivity index (χ3v) is 3.33. The van der Waals surface area contributed by atoms with Crippen molar-refractivity contribution in [1.29, 1.82) is 0 Å². The van der Waals surface area contributed by atoms with Crippen LogP contribution in [0, 0.1) is 6.92 Å². The van der Waals surface area contributed by atoms with E-state index in [9.17, 15) is 5.11 Å². The van der Waals surface area contributed by atoms with Gasteiger partial charge in [0.25, 0.3) is 0 Å². The molecular formula is C14H10ClNO2. The smallest absolute Gasteiger partial charge is 0.189 e. The van der Waals surface area contributed by atoms with Crippen LogP contribution in [0.2, 0.25) is 5.02 Å². The van der Waals surface area contributed by atoms with E-state index < -0.39 is 0 Å². The van der Waals surface area contributed by atoms with Crippen LogP contribution < -0.4 is 0 Å². The summed E-state index contributed by atoms with van der Waals surface area (Å²) in [5.74, 6) is -0.00310. The number of aryl methyl sites for hydroxylation is 1. The van der Waals surface area contributed by atoms with Crippen molar-refractivity contribution in [3.05, 3.63) is 47.0 Å². The quantitative estimate of drug-likeness (QED) is 0.714. The first-order valence-corrected chi connectivity index (χ1v) is 5.89. The third-order valence-electron chi connectivity index (χ3n) is 2.96. The molecule has 90 valence electrons. The highest BCUT2D eigenvalue weighted by molar-refractivity contribution is 6.36. The van der Waals surface area contributed by atoms with Crippen molar-refractivity contribution in [3.8, 4) is 17.0 Å². The fourth-order valence-electron chi connectivity index (χ4n) is 1.99. The topological polar surface area (TPSA) is 46.3 Å². The predicted octanol–water partition coefficient (Wildman–Crippen LogP) is 4.16. The Hall–Kier alpha value is -2.00. The average molecular weight is 260 g/mol. The minimum atomic E-state index is -0.00310. The Morgan fingerprint density at radius 2 is 1.94 bits per heavy atom.